The summed E-state index contributed by atoms with van der Waals surface area (Å²) in [6.07, 6.45) is 92.5. The normalized spacial score (nSPS) is 12.4. The molecule has 0 spiro atoms. The Labute approximate surface area is 517 Å². The third-order valence-electron chi connectivity index (χ3n) is 16.5. The Morgan fingerprint density at radius 3 is 0.747 bits per heavy atom. The molecule has 484 valence electrons. The summed E-state index contributed by atoms with van der Waals surface area (Å²) in [5.41, 5.74) is 0. The van der Waals surface area contributed by atoms with Gasteiger partial charge in [-0.15, -0.1) is 0 Å². The molecule has 0 saturated carbocycles. The lowest BCUT2D eigenvalue weighted by Gasteiger charge is -2.18. The number of carbonyl (C=O) groups is 3. The van der Waals surface area contributed by atoms with E-state index < -0.39 is 6.10 Å². The predicted octanol–water partition coefficient (Wildman–Crippen LogP) is 25.5. The molecular formula is C77H140O6. The van der Waals surface area contributed by atoms with Crippen molar-refractivity contribution in [1.82, 2.24) is 0 Å². The molecule has 0 saturated heterocycles. The standard InChI is InChI=1S/C77H140O6/c1-4-7-10-13-16-19-22-25-28-31-34-35-36-37-38-39-40-41-42-43-44-47-49-52-55-58-61-64-67-70-76(79)82-73-74(83-77(80)71-68-65-62-59-56-53-50-46-33-30-27-24-21-18-15-12-9-6-3)72-81-75(78)69-66-63-60-57-54-51-48-45-32-29-26-23-20-17-14-11-8-5-2/h7,10,16,19,25,28,30,33-35,74H,4-6,8-9,11-15,17-18,20-24,26-27,29,31-32,36-73H2,1-3H3/b10-7-,19-16-,28-25-,33-30-,35-34-. The average Bonchev–Trinajstić information content (AvgIpc) is 3.49. The van der Waals surface area contributed by atoms with Crippen molar-refractivity contribution in [1.29, 1.82) is 0 Å². The van der Waals surface area contributed by atoms with E-state index in [0.717, 1.165) is 83.5 Å². The van der Waals surface area contributed by atoms with Crippen LogP contribution in [-0.4, -0.2) is 37.2 Å². The third kappa shape index (κ3) is 69.8. The van der Waals surface area contributed by atoms with E-state index in [1.807, 2.05) is 0 Å². The molecule has 0 aromatic carbocycles. The minimum atomic E-state index is -0.775. The van der Waals surface area contributed by atoms with Gasteiger partial charge in [-0.1, -0.05) is 351 Å². The van der Waals surface area contributed by atoms with Crippen LogP contribution in [0.15, 0.2) is 60.8 Å². The third-order valence-corrected chi connectivity index (χ3v) is 16.5. The summed E-state index contributed by atoms with van der Waals surface area (Å²) in [5.74, 6) is -0.844. The first-order valence-electron chi connectivity index (χ1n) is 36.8. The second kappa shape index (κ2) is 71.6. The van der Waals surface area contributed by atoms with Gasteiger partial charge in [0, 0.05) is 19.3 Å². The van der Waals surface area contributed by atoms with Crippen molar-refractivity contribution in [3.63, 3.8) is 0 Å². The summed E-state index contributed by atoms with van der Waals surface area (Å²) in [4.78, 5) is 38.5. The molecule has 0 aromatic rings. The van der Waals surface area contributed by atoms with E-state index in [1.165, 1.54) is 270 Å². The summed E-state index contributed by atoms with van der Waals surface area (Å²) in [6.45, 7) is 6.60. The topological polar surface area (TPSA) is 78.9 Å². The molecule has 83 heavy (non-hydrogen) atoms. The first kappa shape index (κ1) is 80.1. The van der Waals surface area contributed by atoms with Crippen molar-refractivity contribution >= 4 is 17.9 Å². The average molecular weight is 1160 g/mol. The molecule has 0 aliphatic rings. The molecule has 0 radical (unpaired) electrons. The Balaban J connectivity index is 4.25. The van der Waals surface area contributed by atoms with Crippen molar-refractivity contribution in [2.45, 2.75) is 399 Å². The zero-order chi connectivity index (χ0) is 59.9. The Bertz CT molecular complexity index is 1470. The number of hydrogen-bond acceptors (Lipinski definition) is 6. The molecule has 1 unspecified atom stereocenters. The van der Waals surface area contributed by atoms with Crippen LogP contribution < -0.4 is 0 Å². The summed E-state index contributed by atoms with van der Waals surface area (Å²) < 4.78 is 17.0. The Hall–Kier alpha value is -2.89. The lowest BCUT2D eigenvalue weighted by Crippen LogP contribution is -2.30. The van der Waals surface area contributed by atoms with E-state index in [9.17, 15) is 14.4 Å². The zero-order valence-corrected chi connectivity index (χ0v) is 55.7. The Morgan fingerprint density at radius 2 is 0.470 bits per heavy atom. The van der Waals surface area contributed by atoms with Gasteiger partial charge in [0.05, 0.1) is 0 Å². The van der Waals surface area contributed by atoms with Gasteiger partial charge < -0.3 is 14.2 Å². The van der Waals surface area contributed by atoms with Crippen LogP contribution in [0.2, 0.25) is 0 Å². The quantitative estimate of drug-likeness (QED) is 0.0261. The van der Waals surface area contributed by atoms with Gasteiger partial charge in [-0.3, -0.25) is 14.4 Å². The maximum absolute atomic E-state index is 13.0. The van der Waals surface area contributed by atoms with E-state index in [1.54, 1.807) is 0 Å². The zero-order valence-electron chi connectivity index (χ0n) is 55.7. The molecule has 0 N–H and O–H groups in total. The van der Waals surface area contributed by atoms with Crippen LogP contribution in [-0.2, 0) is 28.6 Å². The van der Waals surface area contributed by atoms with Crippen LogP contribution in [0.5, 0.6) is 0 Å². The molecule has 0 amide bonds. The molecule has 0 aromatic heterocycles. The van der Waals surface area contributed by atoms with E-state index in [-0.39, 0.29) is 31.1 Å². The van der Waals surface area contributed by atoms with Crippen LogP contribution in [0.1, 0.15) is 393 Å². The van der Waals surface area contributed by atoms with E-state index in [2.05, 4.69) is 81.5 Å². The van der Waals surface area contributed by atoms with Gasteiger partial charge in [0.15, 0.2) is 6.10 Å². The highest BCUT2D eigenvalue weighted by Crippen LogP contribution is 2.19. The molecule has 0 fully saturated rings. The van der Waals surface area contributed by atoms with E-state index in [4.69, 9.17) is 14.2 Å². The summed E-state index contributed by atoms with van der Waals surface area (Å²) in [7, 11) is 0. The molecule has 0 heterocycles. The van der Waals surface area contributed by atoms with Crippen LogP contribution in [0, 0.1) is 0 Å². The number of carbonyl (C=O) groups excluding carboxylic acids is 3. The van der Waals surface area contributed by atoms with Gasteiger partial charge in [-0.05, 0) is 83.5 Å². The highest BCUT2D eigenvalue weighted by Gasteiger charge is 2.19. The fraction of sp³-hybridized carbons (Fsp3) is 0.831. The SMILES string of the molecule is CC/C=C\C/C=C\C/C=C\C/C=C\CCCCCCCCCCCCCCCCCCC(=O)OCC(COC(=O)CCCCCCCCCCCCCCCCCCCC)OC(=O)CCCCCCCCC/C=C\CCCCCCCCC. The molecule has 6 heteroatoms. The summed E-state index contributed by atoms with van der Waals surface area (Å²) in [5, 5.41) is 0. The van der Waals surface area contributed by atoms with E-state index >= 15 is 0 Å². The molecule has 0 aliphatic heterocycles. The highest BCUT2D eigenvalue weighted by atomic mass is 16.6. The number of ether oxygens (including phenoxy) is 3. The predicted molar refractivity (Wildman–Crippen MR) is 362 cm³/mol. The van der Waals surface area contributed by atoms with Gasteiger partial charge >= 0.3 is 17.9 Å². The van der Waals surface area contributed by atoms with Crippen molar-refractivity contribution < 1.29 is 28.6 Å². The van der Waals surface area contributed by atoms with Gasteiger partial charge in [0.1, 0.15) is 13.2 Å². The van der Waals surface area contributed by atoms with Crippen LogP contribution in [0.25, 0.3) is 0 Å². The largest absolute Gasteiger partial charge is 0.462 e. The first-order valence-corrected chi connectivity index (χ1v) is 36.8. The lowest BCUT2D eigenvalue weighted by molar-refractivity contribution is -0.167. The minimum Gasteiger partial charge on any atom is -0.462 e. The van der Waals surface area contributed by atoms with Crippen LogP contribution >= 0.6 is 0 Å². The van der Waals surface area contributed by atoms with E-state index in [0.29, 0.717) is 19.3 Å². The first-order chi connectivity index (χ1) is 41.0. The second-order valence-electron chi connectivity index (χ2n) is 24.8. The minimum absolute atomic E-state index is 0.0696. The van der Waals surface area contributed by atoms with Gasteiger partial charge in [-0.2, -0.15) is 0 Å². The van der Waals surface area contributed by atoms with Crippen molar-refractivity contribution in [2.24, 2.45) is 0 Å². The monoisotopic (exact) mass is 1160 g/mol. The number of rotatable bonds is 68. The van der Waals surface area contributed by atoms with Gasteiger partial charge in [-0.25, -0.2) is 0 Å². The Morgan fingerprint density at radius 1 is 0.253 bits per heavy atom. The fourth-order valence-electron chi connectivity index (χ4n) is 11.0. The van der Waals surface area contributed by atoms with Crippen molar-refractivity contribution in [2.75, 3.05) is 13.2 Å². The lowest BCUT2D eigenvalue weighted by atomic mass is 10.0. The smallest absolute Gasteiger partial charge is 0.306 e. The number of allylic oxidation sites excluding steroid dienone is 10. The number of esters is 3. The molecule has 0 bridgehead atoms. The summed E-state index contributed by atoms with van der Waals surface area (Å²) in [6, 6.07) is 0. The molecule has 1 atom stereocenters. The molecule has 0 aliphatic carbocycles. The second-order valence-corrected chi connectivity index (χ2v) is 24.8. The fourth-order valence-corrected chi connectivity index (χ4v) is 11.0. The van der Waals surface area contributed by atoms with Crippen molar-refractivity contribution in [3.8, 4) is 0 Å². The summed E-state index contributed by atoms with van der Waals surface area (Å²) >= 11 is 0. The number of hydrogen-bond donors (Lipinski definition) is 0. The maximum atomic E-state index is 13.0. The molecule has 0 rings (SSSR count). The van der Waals surface area contributed by atoms with Crippen molar-refractivity contribution in [3.05, 3.63) is 60.8 Å². The molecule has 6 nitrogen and oxygen atoms in total. The Kier molecular flexibility index (Phi) is 69.1. The number of unbranched alkanes of at least 4 members (excludes halogenated alkanes) is 47. The maximum Gasteiger partial charge on any atom is 0.306 e. The van der Waals surface area contributed by atoms with Crippen LogP contribution in [0.4, 0.5) is 0 Å². The van der Waals surface area contributed by atoms with Gasteiger partial charge in [0.25, 0.3) is 0 Å². The highest BCUT2D eigenvalue weighted by molar-refractivity contribution is 5.71. The van der Waals surface area contributed by atoms with Crippen LogP contribution in [0.3, 0.4) is 0 Å². The van der Waals surface area contributed by atoms with Gasteiger partial charge in [0.2, 0.25) is 0 Å². The molecular weight excluding hydrogens is 1020 g/mol.